The average molecular weight is 617 g/mol. The molecule has 2 heterocycles. The number of likely N-dealkylation sites (tertiary alicyclic amines) is 1. The Morgan fingerprint density at radius 2 is 2.09 bits per heavy atom. The Hall–Kier alpha value is -4.37. The summed E-state index contributed by atoms with van der Waals surface area (Å²) >= 11 is 0. The molecule has 0 radical (unpaired) electrons. The highest BCUT2D eigenvalue weighted by Crippen LogP contribution is 2.16. The number of ether oxygens (including phenoxy) is 3. The number of nitrogens with two attached hydrogens (primary N) is 1. The van der Waals surface area contributed by atoms with Crippen molar-refractivity contribution in [1.82, 2.24) is 15.5 Å². The van der Waals surface area contributed by atoms with Crippen molar-refractivity contribution in [3.05, 3.63) is 47.8 Å². The van der Waals surface area contributed by atoms with E-state index in [2.05, 4.69) is 27.0 Å². The Kier molecular flexibility index (Phi) is 14.2. The van der Waals surface area contributed by atoms with Gasteiger partial charge in [-0.3, -0.25) is 15.5 Å². The van der Waals surface area contributed by atoms with Crippen molar-refractivity contribution in [1.29, 1.82) is 5.41 Å². The van der Waals surface area contributed by atoms with E-state index in [4.69, 9.17) is 30.2 Å². The van der Waals surface area contributed by atoms with Crippen LogP contribution < -0.4 is 16.4 Å². The molecule has 1 aromatic carbocycles. The Bertz CT molecular complexity index is 1230. The number of oxime groups is 1. The van der Waals surface area contributed by atoms with Crippen LogP contribution in [0.15, 0.2) is 46.0 Å². The van der Waals surface area contributed by atoms with Gasteiger partial charge in [0.2, 0.25) is 11.9 Å². The van der Waals surface area contributed by atoms with E-state index in [9.17, 15) is 14.0 Å². The molecule has 3 rings (SSSR count). The second kappa shape index (κ2) is 18.3. The average Bonchev–Trinajstić information content (AvgIpc) is 2.97. The number of benzene rings is 1. The van der Waals surface area contributed by atoms with Crippen molar-refractivity contribution in [2.45, 2.75) is 45.5 Å². The number of nitrogens with one attached hydrogen (secondary N) is 3. The molecule has 2 saturated heterocycles. The summed E-state index contributed by atoms with van der Waals surface area (Å²) in [6, 6.07) is 4.76. The second-order valence-electron chi connectivity index (χ2n) is 10.2. The predicted molar refractivity (Wildman–Crippen MR) is 163 cm³/mol. The monoisotopic (exact) mass is 616 g/mol. The predicted octanol–water partition coefficient (Wildman–Crippen LogP) is 2.08. The van der Waals surface area contributed by atoms with Crippen molar-refractivity contribution in [2.75, 3.05) is 46.0 Å². The van der Waals surface area contributed by atoms with Gasteiger partial charge in [0, 0.05) is 44.2 Å². The maximum absolute atomic E-state index is 14.9. The third-order valence-electron chi connectivity index (χ3n) is 6.46. The number of nitrogens with zero attached hydrogens (tertiary/aromatic N) is 4. The molecule has 2 amide bonds. The van der Waals surface area contributed by atoms with Crippen LogP contribution in [0.2, 0.25) is 0 Å². The van der Waals surface area contributed by atoms with Gasteiger partial charge in [0.15, 0.2) is 12.2 Å². The molecule has 2 unspecified atom stereocenters. The molecule has 0 bridgehead atoms. The number of rotatable bonds is 14. The Labute approximate surface area is 256 Å². The number of alkyl carbamates (subject to hydrolysis) is 1. The standard InChI is InChI=1S/C29H41FN8O6/c1-3-11-33-28(34-12-10-22-7-6-8-23(26(22)30)19-43-29(40)36-27(31)32)38-15-24(16-38)37-44-18-21(14-35-20(2)39)17-42-25-9-4-5-13-41-25/h3,6-8,12,21,25H,1,4-5,9-11,13-19H2,2H3,(H,35,39)(H4,31,32,36,40)/b33-28+,34-12-. The van der Waals surface area contributed by atoms with Crippen LogP contribution in [0.3, 0.4) is 0 Å². The zero-order valence-electron chi connectivity index (χ0n) is 24.9. The summed E-state index contributed by atoms with van der Waals surface area (Å²) in [5.41, 5.74) is 6.41. The topological polar surface area (TPSA) is 185 Å². The Balaban J connectivity index is 1.50. The van der Waals surface area contributed by atoms with Crippen LogP contribution in [0.1, 0.15) is 37.3 Å². The van der Waals surface area contributed by atoms with E-state index in [1.807, 2.05) is 10.2 Å². The molecule has 1 aromatic rings. The van der Waals surface area contributed by atoms with E-state index in [0.29, 0.717) is 50.9 Å². The quantitative estimate of drug-likeness (QED) is 0.106. The minimum absolute atomic E-state index is 0.0950. The maximum atomic E-state index is 14.9. The molecule has 2 aliphatic rings. The van der Waals surface area contributed by atoms with Gasteiger partial charge in [0.05, 0.1) is 32.0 Å². The molecular formula is C29H41FN8O6. The first-order valence-electron chi connectivity index (χ1n) is 14.4. The van der Waals surface area contributed by atoms with Gasteiger partial charge in [0.25, 0.3) is 0 Å². The number of aliphatic imine (C=N–C) groups is 2. The fraction of sp³-hybridized carbons (Fsp3) is 0.517. The van der Waals surface area contributed by atoms with Gasteiger partial charge in [-0.1, -0.05) is 29.4 Å². The van der Waals surface area contributed by atoms with Gasteiger partial charge in [-0.25, -0.2) is 19.2 Å². The molecule has 2 atom stereocenters. The fourth-order valence-corrected chi connectivity index (χ4v) is 4.15. The lowest BCUT2D eigenvalue weighted by atomic mass is 10.1. The van der Waals surface area contributed by atoms with Crippen molar-refractivity contribution in [2.24, 2.45) is 26.8 Å². The van der Waals surface area contributed by atoms with E-state index in [1.165, 1.54) is 13.0 Å². The second-order valence-corrected chi connectivity index (χ2v) is 10.2. The minimum atomic E-state index is -0.946. The summed E-state index contributed by atoms with van der Waals surface area (Å²) in [5.74, 6) is -0.864. The smallest absolute Gasteiger partial charge is 0.414 e. The molecule has 0 saturated carbocycles. The molecule has 0 spiro atoms. The number of halogens is 1. The first-order valence-corrected chi connectivity index (χ1v) is 14.4. The van der Waals surface area contributed by atoms with Crippen LogP contribution in [0.5, 0.6) is 0 Å². The highest BCUT2D eigenvalue weighted by molar-refractivity contribution is 6.02. The van der Waals surface area contributed by atoms with Gasteiger partial charge in [-0.2, -0.15) is 0 Å². The minimum Gasteiger partial charge on any atom is -0.444 e. The molecule has 15 heteroatoms. The Morgan fingerprint density at radius 3 is 2.80 bits per heavy atom. The SMILES string of the molecule is C=CC/N=C(\N=C/Cc1cccc(COC(=O)NC(=N)N)c1F)N1CC(=NOCC(CNC(C)=O)COC2CCCCO2)C1. The number of hydrogen-bond donors (Lipinski definition) is 4. The largest absolute Gasteiger partial charge is 0.444 e. The van der Waals surface area contributed by atoms with Crippen molar-refractivity contribution in [3.8, 4) is 0 Å². The van der Waals surface area contributed by atoms with E-state index >= 15 is 0 Å². The molecular weight excluding hydrogens is 575 g/mol. The zero-order chi connectivity index (χ0) is 31.7. The molecule has 0 aliphatic carbocycles. The maximum Gasteiger partial charge on any atom is 0.414 e. The number of amides is 2. The van der Waals surface area contributed by atoms with Crippen LogP contribution in [0.4, 0.5) is 9.18 Å². The third-order valence-corrected chi connectivity index (χ3v) is 6.46. The summed E-state index contributed by atoms with van der Waals surface area (Å²) in [6.45, 7) is 7.84. The molecule has 14 nitrogen and oxygen atoms in total. The van der Waals surface area contributed by atoms with Crippen LogP contribution in [-0.4, -0.2) is 93.0 Å². The first-order chi connectivity index (χ1) is 21.2. The molecule has 0 aromatic heterocycles. The van der Waals surface area contributed by atoms with E-state index in [-0.39, 0.29) is 43.3 Å². The molecule has 240 valence electrons. The van der Waals surface area contributed by atoms with Crippen LogP contribution >= 0.6 is 0 Å². The van der Waals surface area contributed by atoms with Gasteiger partial charge in [-0.05, 0) is 24.8 Å². The van der Waals surface area contributed by atoms with Gasteiger partial charge in [-0.15, -0.1) is 6.58 Å². The lowest BCUT2D eigenvalue weighted by Crippen LogP contribution is -2.50. The first kappa shape index (κ1) is 34.1. The number of guanidine groups is 2. The molecule has 44 heavy (non-hydrogen) atoms. The zero-order valence-corrected chi connectivity index (χ0v) is 24.9. The molecule has 5 N–H and O–H groups in total. The highest BCUT2D eigenvalue weighted by atomic mass is 19.1. The summed E-state index contributed by atoms with van der Waals surface area (Å²) in [4.78, 5) is 39.3. The van der Waals surface area contributed by atoms with Crippen molar-refractivity contribution >= 4 is 35.8 Å². The van der Waals surface area contributed by atoms with Crippen LogP contribution in [-0.2, 0) is 36.9 Å². The molecule has 2 aliphatic heterocycles. The summed E-state index contributed by atoms with van der Waals surface area (Å²) in [5, 5.41) is 16.0. The number of carbonyl (C=O) groups excluding carboxylic acids is 2. The summed E-state index contributed by atoms with van der Waals surface area (Å²) in [6.07, 6.45) is 5.15. The van der Waals surface area contributed by atoms with Crippen molar-refractivity contribution < 1.29 is 33.0 Å². The lowest BCUT2D eigenvalue weighted by molar-refractivity contribution is -0.171. The third kappa shape index (κ3) is 12.1. The molecule has 2 fully saturated rings. The van der Waals surface area contributed by atoms with E-state index in [0.717, 1.165) is 25.0 Å². The Morgan fingerprint density at radius 1 is 1.30 bits per heavy atom. The van der Waals surface area contributed by atoms with E-state index < -0.39 is 17.9 Å². The lowest BCUT2D eigenvalue weighted by Gasteiger charge is -2.33. The van der Waals surface area contributed by atoms with Gasteiger partial charge < -0.3 is 35.0 Å². The summed E-state index contributed by atoms with van der Waals surface area (Å²) in [7, 11) is 0. The summed E-state index contributed by atoms with van der Waals surface area (Å²) < 4.78 is 31.3. The van der Waals surface area contributed by atoms with Crippen LogP contribution in [0, 0.1) is 17.1 Å². The highest BCUT2D eigenvalue weighted by Gasteiger charge is 2.26. The van der Waals surface area contributed by atoms with Gasteiger partial charge in [0.1, 0.15) is 19.0 Å². The number of hydrogen-bond acceptors (Lipinski definition) is 9. The van der Waals surface area contributed by atoms with Gasteiger partial charge >= 0.3 is 6.09 Å². The van der Waals surface area contributed by atoms with Crippen molar-refractivity contribution in [3.63, 3.8) is 0 Å². The fourth-order valence-electron chi connectivity index (χ4n) is 4.15. The van der Waals surface area contributed by atoms with E-state index in [1.54, 1.807) is 24.4 Å². The number of carbonyl (C=O) groups is 2. The van der Waals surface area contributed by atoms with Crippen LogP contribution in [0.25, 0.3) is 0 Å². The normalized spacial score (nSPS) is 17.4.